The monoisotopic (exact) mass is 168 g/mol. The molecule has 0 bridgehead atoms. The second-order valence-electron chi connectivity index (χ2n) is 3.33. The Bertz CT molecular complexity index is 242. The summed E-state index contributed by atoms with van der Waals surface area (Å²) in [4.78, 5) is 4.06. The number of aryl methyl sites for hydroxylation is 1. The molecule has 0 fully saturated rings. The second-order valence-corrected chi connectivity index (χ2v) is 3.33. The number of hydrogen-bond donors (Lipinski definition) is 0. The van der Waals surface area contributed by atoms with E-state index in [0.717, 1.165) is 5.69 Å². The number of imidazole rings is 1. The normalized spacial score (nSPS) is 13.8. The van der Waals surface area contributed by atoms with Crippen LogP contribution in [0.1, 0.15) is 25.6 Å². The predicted octanol–water partition coefficient (Wildman–Crippen LogP) is 1.76. The van der Waals surface area contributed by atoms with Crippen molar-refractivity contribution in [3.8, 4) is 0 Å². The molecule has 0 spiro atoms. The van der Waals surface area contributed by atoms with Crippen LogP contribution in [0.2, 0.25) is 0 Å². The van der Waals surface area contributed by atoms with Gasteiger partial charge in [0, 0.05) is 14.2 Å². The summed E-state index contributed by atoms with van der Waals surface area (Å²) in [6.45, 7) is 4.28. The molecule has 12 heavy (non-hydrogen) atoms. The fraction of sp³-hybridized carbons (Fsp3) is 0.667. The Balaban J connectivity index is 2.87. The van der Waals surface area contributed by atoms with E-state index in [0.29, 0.717) is 5.92 Å². The van der Waals surface area contributed by atoms with Crippen molar-refractivity contribution in [3.05, 3.63) is 18.2 Å². The molecule has 0 saturated heterocycles. The fourth-order valence-corrected chi connectivity index (χ4v) is 1.38. The second kappa shape index (κ2) is 3.72. The number of methoxy groups -OCH3 is 1. The first-order valence-electron chi connectivity index (χ1n) is 4.15. The Morgan fingerprint density at radius 1 is 1.50 bits per heavy atom. The molecule has 1 rings (SSSR count). The van der Waals surface area contributed by atoms with Crippen LogP contribution >= 0.6 is 0 Å². The molecule has 0 saturated carbocycles. The number of ether oxygens (including phenoxy) is 1. The molecule has 3 nitrogen and oxygen atoms in total. The van der Waals surface area contributed by atoms with Gasteiger partial charge in [-0.3, -0.25) is 0 Å². The van der Waals surface area contributed by atoms with Gasteiger partial charge in [-0.2, -0.15) is 0 Å². The lowest BCUT2D eigenvalue weighted by Crippen LogP contribution is -2.12. The summed E-state index contributed by atoms with van der Waals surface area (Å²) in [5, 5.41) is 0. The SMILES string of the molecule is COC(c1cncn1C)C(C)C. The van der Waals surface area contributed by atoms with Gasteiger partial charge in [-0.05, 0) is 5.92 Å². The number of hydrogen-bond acceptors (Lipinski definition) is 2. The minimum absolute atomic E-state index is 0.150. The van der Waals surface area contributed by atoms with Crippen LogP contribution in [0.15, 0.2) is 12.5 Å². The van der Waals surface area contributed by atoms with Crippen molar-refractivity contribution in [1.29, 1.82) is 0 Å². The minimum Gasteiger partial charge on any atom is -0.375 e. The lowest BCUT2D eigenvalue weighted by molar-refractivity contribution is 0.0589. The van der Waals surface area contributed by atoms with E-state index >= 15 is 0 Å². The average Bonchev–Trinajstić information content (AvgIpc) is 2.38. The number of rotatable bonds is 3. The van der Waals surface area contributed by atoms with Gasteiger partial charge < -0.3 is 9.30 Å². The van der Waals surface area contributed by atoms with Crippen LogP contribution < -0.4 is 0 Å². The third-order valence-electron chi connectivity index (χ3n) is 2.00. The molecule has 1 aromatic rings. The maximum absolute atomic E-state index is 5.38. The molecule has 1 heterocycles. The van der Waals surface area contributed by atoms with Crippen molar-refractivity contribution >= 4 is 0 Å². The Hall–Kier alpha value is -0.830. The highest BCUT2D eigenvalue weighted by Crippen LogP contribution is 2.23. The van der Waals surface area contributed by atoms with Crippen molar-refractivity contribution in [2.45, 2.75) is 20.0 Å². The zero-order valence-corrected chi connectivity index (χ0v) is 8.11. The lowest BCUT2D eigenvalue weighted by atomic mass is 10.0. The molecule has 0 aromatic carbocycles. The summed E-state index contributed by atoms with van der Waals surface area (Å²) >= 11 is 0. The van der Waals surface area contributed by atoms with Crippen LogP contribution in [0.5, 0.6) is 0 Å². The van der Waals surface area contributed by atoms with Gasteiger partial charge in [0.15, 0.2) is 0 Å². The molecule has 0 aliphatic rings. The van der Waals surface area contributed by atoms with Crippen molar-refractivity contribution < 1.29 is 4.74 Å². The van der Waals surface area contributed by atoms with E-state index < -0.39 is 0 Å². The van der Waals surface area contributed by atoms with E-state index in [4.69, 9.17) is 4.74 Å². The maximum Gasteiger partial charge on any atom is 0.101 e. The number of nitrogens with zero attached hydrogens (tertiary/aromatic N) is 2. The summed E-state index contributed by atoms with van der Waals surface area (Å²) in [6, 6.07) is 0. The first-order chi connectivity index (χ1) is 5.66. The van der Waals surface area contributed by atoms with Crippen molar-refractivity contribution in [3.63, 3.8) is 0 Å². The van der Waals surface area contributed by atoms with Gasteiger partial charge in [0.2, 0.25) is 0 Å². The largest absolute Gasteiger partial charge is 0.375 e. The van der Waals surface area contributed by atoms with Gasteiger partial charge in [0.1, 0.15) is 6.10 Å². The quantitative estimate of drug-likeness (QED) is 0.687. The third kappa shape index (κ3) is 1.67. The van der Waals surface area contributed by atoms with Gasteiger partial charge in [-0.25, -0.2) is 4.98 Å². The summed E-state index contributed by atoms with van der Waals surface area (Å²) in [5.41, 5.74) is 1.13. The van der Waals surface area contributed by atoms with Crippen LogP contribution in [0.25, 0.3) is 0 Å². The molecular weight excluding hydrogens is 152 g/mol. The molecule has 0 aliphatic heterocycles. The summed E-state index contributed by atoms with van der Waals surface area (Å²) in [6.07, 6.45) is 3.80. The predicted molar refractivity (Wildman–Crippen MR) is 47.8 cm³/mol. The Labute approximate surface area is 73.4 Å². The van der Waals surface area contributed by atoms with Crippen molar-refractivity contribution in [1.82, 2.24) is 9.55 Å². The van der Waals surface area contributed by atoms with Gasteiger partial charge in [-0.15, -0.1) is 0 Å². The summed E-state index contributed by atoms with van der Waals surface area (Å²) in [5.74, 6) is 0.477. The van der Waals surface area contributed by atoms with E-state index in [1.54, 1.807) is 13.4 Å². The number of aromatic nitrogens is 2. The van der Waals surface area contributed by atoms with Crippen molar-refractivity contribution in [2.24, 2.45) is 13.0 Å². The van der Waals surface area contributed by atoms with E-state index in [9.17, 15) is 0 Å². The highest BCUT2D eigenvalue weighted by Gasteiger charge is 2.17. The molecular formula is C9H16N2O. The minimum atomic E-state index is 0.150. The van der Waals surface area contributed by atoms with Crippen molar-refractivity contribution in [2.75, 3.05) is 7.11 Å². The van der Waals surface area contributed by atoms with Gasteiger partial charge in [0.25, 0.3) is 0 Å². The average molecular weight is 168 g/mol. The van der Waals surface area contributed by atoms with E-state index in [1.165, 1.54) is 0 Å². The Kier molecular flexibility index (Phi) is 2.87. The zero-order chi connectivity index (χ0) is 9.14. The molecule has 3 heteroatoms. The fourth-order valence-electron chi connectivity index (χ4n) is 1.38. The standard InChI is InChI=1S/C9H16N2O/c1-7(2)9(12-4)8-5-10-6-11(8)3/h5-7,9H,1-4H3. The van der Waals surface area contributed by atoms with E-state index in [1.807, 2.05) is 17.8 Å². The topological polar surface area (TPSA) is 27.1 Å². The molecule has 0 N–H and O–H groups in total. The highest BCUT2D eigenvalue weighted by molar-refractivity contribution is 5.03. The zero-order valence-electron chi connectivity index (χ0n) is 8.11. The van der Waals surface area contributed by atoms with E-state index in [2.05, 4.69) is 18.8 Å². The van der Waals surface area contributed by atoms with Gasteiger partial charge in [-0.1, -0.05) is 13.8 Å². The molecule has 68 valence electrons. The van der Waals surface area contributed by atoms with Gasteiger partial charge >= 0.3 is 0 Å². The molecule has 1 aromatic heterocycles. The van der Waals surface area contributed by atoms with Crippen LogP contribution in [-0.2, 0) is 11.8 Å². The Morgan fingerprint density at radius 3 is 2.50 bits per heavy atom. The lowest BCUT2D eigenvalue weighted by Gasteiger charge is -2.19. The van der Waals surface area contributed by atoms with Crippen LogP contribution in [0.4, 0.5) is 0 Å². The first kappa shape index (κ1) is 9.26. The van der Waals surface area contributed by atoms with Gasteiger partial charge in [0.05, 0.1) is 18.2 Å². The van der Waals surface area contributed by atoms with Crippen LogP contribution in [0, 0.1) is 5.92 Å². The molecule has 0 amide bonds. The third-order valence-corrected chi connectivity index (χ3v) is 2.00. The molecule has 1 atom stereocenters. The smallest absolute Gasteiger partial charge is 0.101 e. The van der Waals surface area contributed by atoms with E-state index in [-0.39, 0.29) is 6.10 Å². The summed E-state index contributed by atoms with van der Waals surface area (Å²) in [7, 11) is 3.72. The van der Waals surface area contributed by atoms with Crippen LogP contribution in [-0.4, -0.2) is 16.7 Å². The maximum atomic E-state index is 5.38. The summed E-state index contributed by atoms with van der Waals surface area (Å²) < 4.78 is 7.37. The van der Waals surface area contributed by atoms with Crippen LogP contribution in [0.3, 0.4) is 0 Å². The first-order valence-corrected chi connectivity index (χ1v) is 4.15. The molecule has 0 aliphatic carbocycles. The molecule has 1 unspecified atom stereocenters. The Morgan fingerprint density at radius 2 is 2.17 bits per heavy atom. The molecule has 0 radical (unpaired) electrons. The highest BCUT2D eigenvalue weighted by atomic mass is 16.5.